The van der Waals surface area contributed by atoms with E-state index < -0.39 is 0 Å². The normalized spacial score (nSPS) is 12.8. The van der Waals surface area contributed by atoms with Crippen molar-refractivity contribution in [1.82, 2.24) is 0 Å². The molecule has 6 heteroatoms. The largest absolute Gasteiger partial charge is 0.385 e. The van der Waals surface area contributed by atoms with E-state index in [1.165, 1.54) is 127 Å². The number of rotatable bonds is 27. The fourth-order valence-electron chi connectivity index (χ4n) is 5.39. The number of pyridine rings is 2. The lowest BCUT2D eigenvalue weighted by Gasteiger charge is -2.09. The van der Waals surface area contributed by atoms with E-state index in [-0.39, 0.29) is 11.0 Å². The van der Waals surface area contributed by atoms with Gasteiger partial charge in [-0.1, -0.05) is 104 Å². The van der Waals surface area contributed by atoms with E-state index in [9.17, 15) is 0 Å². The molecule has 0 aromatic carbocycles. The number of nitrogens with one attached hydrogen (secondary N) is 2. The molecule has 0 aliphatic carbocycles. The average molecular weight is 622 g/mol. The first-order chi connectivity index (χ1) is 20.6. The van der Waals surface area contributed by atoms with Gasteiger partial charge < -0.3 is 10.6 Å². The number of aromatic nitrogens is 2. The Hall–Kier alpha value is -1.52. The zero-order valence-electron chi connectivity index (χ0n) is 27.0. The van der Waals surface area contributed by atoms with Gasteiger partial charge in [0.2, 0.25) is 11.0 Å². The van der Waals surface area contributed by atoms with Crippen LogP contribution in [0, 0.1) is 0 Å². The molecule has 0 amide bonds. The van der Waals surface area contributed by atoms with Crippen LogP contribution in [0.15, 0.2) is 49.1 Å². The maximum atomic E-state index is 6.69. The second kappa shape index (κ2) is 24.9. The van der Waals surface area contributed by atoms with Crippen LogP contribution >= 0.6 is 23.2 Å². The Bertz CT molecular complexity index is 801. The van der Waals surface area contributed by atoms with Crippen LogP contribution in [0.5, 0.6) is 0 Å². The molecule has 2 heterocycles. The topological polar surface area (TPSA) is 31.8 Å². The number of alkyl halides is 2. The summed E-state index contributed by atoms with van der Waals surface area (Å²) in [7, 11) is 0. The number of unbranched alkanes of at least 4 members (excludes halogenated alkanes) is 15. The third-order valence-electron chi connectivity index (χ3n) is 8.21. The summed E-state index contributed by atoms with van der Waals surface area (Å²) in [6.07, 6.45) is 33.8. The molecule has 42 heavy (non-hydrogen) atoms. The van der Waals surface area contributed by atoms with E-state index in [2.05, 4.69) is 82.7 Å². The molecular formula is C36H62Cl2N4+2. The van der Waals surface area contributed by atoms with Gasteiger partial charge in [0.25, 0.3) is 0 Å². The highest BCUT2D eigenvalue weighted by Crippen LogP contribution is 2.19. The summed E-state index contributed by atoms with van der Waals surface area (Å²) in [4.78, 5) is 0. The van der Waals surface area contributed by atoms with Gasteiger partial charge in [-0.15, -0.1) is 0 Å². The predicted octanol–water partition coefficient (Wildman–Crippen LogP) is 11.1. The first-order valence-electron chi connectivity index (χ1n) is 17.4. The Morgan fingerprint density at radius 2 is 0.786 bits per heavy atom. The Balaban J connectivity index is 1.46. The summed E-state index contributed by atoms with van der Waals surface area (Å²) in [5, 5.41) is 7.08. The van der Waals surface area contributed by atoms with Gasteiger partial charge in [0.1, 0.15) is 0 Å². The van der Waals surface area contributed by atoms with Gasteiger partial charge in [-0.3, -0.25) is 0 Å². The van der Waals surface area contributed by atoms with Crippen molar-refractivity contribution < 1.29 is 9.13 Å². The van der Waals surface area contributed by atoms with Crippen molar-refractivity contribution >= 4 is 34.6 Å². The zero-order chi connectivity index (χ0) is 30.1. The number of hydrogen-bond donors (Lipinski definition) is 2. The van der Waals surface area contributed by atoms with Crippen LogP contribution in [-0.2, 0) is 0 Å². The molecule has 2 aromatic rings. The highest BCUT2D eigenvalue weighted by atomic mass is 35.5. The van der Waals surface area contributed by atoms with Crippen LogP contribution in [0.1, 0.15) is 153 Å². The average Bonchev–Trinajstić information content (AvgIpc) is 3.01. The van der Waals surface area contributed by atoms with Crippen molar-refractivity contribution in [2.24, 2.45) is 0 Å². The highest BCUT2D eigenvalue weighted by molar-refractivity contribution is 6.18. The minimum Gasteiger partial charge on any atom is -0.385 e. The van der Waals surface area contributed by atoms with Gasteiger partial charge >= 0.3 is 0 Å². The third-order valence-corrected chi connectivity index (χ3v) is 9.09. The van der Waals surface area contributed by atoms with Crippen LogP contribution in [-0.4, -0.2) is 13.1 Å². The molecule has 0 fully saturated rings. The van der Waals surface area contributed by atoms with E-state index in [0.29, 0.717) is 0 Å². The van der Waals surface area contributed by atoms with Gasteiger partial charge in [0.15, 0.2) is 24.8 Å². The quantitative estimate of drug-likeness (QED) is 0.0591. The van der Waals surface area contributed by atoms with Crippen LogP contribution < -0.4 is 19.8 Å². The maximum absolute atomic E-state index is 6.69. The molecule has 2 N–H and O–H groups in total. The minimum absolute atomic E-state index is 0.0313. The Kier molecular flexibility index (Phi) is 21.7. The number of hydrogen-bond acceptors (Lipinski definition) is 2. The van der Waals surface area contributed by atoms with E-state index in [0.717, 1.165) is 25.9 Å². The van der Waals surface area contributed by atoms with Gasteiger partial charge in [0, 0.05) is 61.6 Å². The monoisotopic (exact) mass is 620 g/mol. The molecule has 0 saturated heterocycles. The molecule has 2 rings (SSSR count). The number of nitrogens with zero attached hydrogens (tertiary/aromatic N) is 2. The second-order valence-corrected chi connectivity index (χ2v) is 13.0. The van der Waals surface area contributed by atoms with Crippen LogP contribution in [0.3, 0.4) is 0 Å². The molecular weight excluding hydrogens is 559 g/mol. The van der Waals surface area contributed by atoms with Crippen molar-refractivity contribution in [2.45, 2.75) is 153 Å². The molecule has 0 aliphatic rings. The van der Waals surface area contributed by atoms with Gasteiger partial charge in [0.05, 0.1) is 0 Å². The molecule has 2 aromatic heterocycles. The van der Waals surface area contributed by atoms with Gasteiger partial charge in [-0.25, -0.2) is 0 Å². The maximum Gasteiger partial charge on any atom is 0.232 e. The van der Waals surface area contributed by atoms with Crippen LogP contribution in [0.25, 0.3) is 0 Å². The first kappa shape index (κ1) is 36.7. The SMILES string of the molecule is CCCCCCCCNc1cc[n+](C(Cl)CCCCCCCCC(Cl)[n+]2ccc(NCCCCCCCC)cc2)cc1. The number of halogens is 2. The lowest BCUT2D eigenvalue weighted by Crippen LogP contribution is -2.35. The fraction of sp³-hybridized carbons (Fsp3) is 0.722. The van der Waals surface area contributed by atoms with Crippen molar-refractivity contribution in [1.29, 1.82) is 0 Å². The summed E-state index contributed by atoms with van der Waals surface area (Å²) in [6.45, 7) is 6.64. The van der Waals surface area contributed by atoms with E-state index >= 15 is 0 Å². The van der Waals surface area contributed by atoms with Crippen molar-refractivity contribution in [2.75, 3.05) is 23.7 Å². The van der Waals surface area contributed by atoms with Crippen molar-refractivity contribution in [3.63, 3.8) is 0 Å². The van der Waals surface area contributed by atoms with Crippen LogP contribution in [0.2, 0.25) is 0 Å². The molecule has 238 valence electrons. The first-order valence-corrected chi connectivity index (χ1v) is 18.3. The summed E-state index contributed by atoms with van der Waals surface area (Å²) < 4.78 is 4.27. The molecule has 0 saturated carbocycles. The lowest BCUT2D eigenvalue weighted by atomic mass is 10.1. The molecule has 0 radical (unpaired) electrons. The molecule has 4 nitrogen and oxygen atoms in total. The Morgan fingerprint density at radius 1 is 0.476 bits per heavy atom. The smallest absolute Gasteiger partial charge is 0.232 e. The second-order valence-electron chi connectivity index (χ2n) is 12.0. The van der Waals surface area contributed by atoms with Crippen LogP contribution in [0.4, 0.5) is 11.4 Å². The summed E-state index contributed by atoms with van der Waals surface area (Å²) >= 11 is 13.4. The van der Waals surface area contributed by atoms with E-state index in [1.807, 2.05) is 0 Å². The van der Waals surface area contributed by atoms with Gasteiger partial charge in [-0.2, -0.15) is 9.13 Å². The lowest BCUT2D eigenvalue weighted by molar-refractivity contribution is -0.703. The highest BCUT2D eigenvalue weighted by Gasteiger charge is 2.15. The Labute approximate surface area is 269 Å². The van der Waals surface area contributed by atoms with E-state index in [4.69, 9.17) is 23.2 Å². The summed E-state index contributed by atoms with van der Waals surface area (Å²) in [6, 6.07) is 8.60. The minimum atomic E-state index is 0.0313. The van der Waals surface area contributed by atoms with E-state index in [1.54, 1.807) is 0 Å². The molecule has 0 spiro atoms. The molecule has 2 atom stereocenters. The number of anilines is 2. The zero-order valence-corrected chi connectivity index (χ0v) is 28.5. The standard InChI is InChI=1S/C36H60Cl2N4/c1-3-5-7-9-15-19-27-39-33-23-29-41(30-24-33)35(37)21-17-13-11-12-14-18-22-36(38)42-31-25-34(26-32-42)40-28-20-16-10-8-6-4-2/h23-26,29-32,35-36H,3-22,27-28H2,1-2H3/p+2. The molecule has 0 aliphatic heterocycles. The Morgan fingerprint density at radius 3 is 1.14 bits per heavy atom. The van der Waals surface area contributed by atoms with Crippen molar-refractivity contribution in [3.05, 3.63) is 49.1 Å². The third kappa shape index (κ3) is 17.6. The summed E-state index contributed by atoms with van der Waals surface area (Å²) in [5.74, 6) is 0. The summed E-state index contributed by atoms with van der Waals surface area (Å²) in [5.41, 5.74) is 2.44. The predicted molar refractivity (Wildman–Crippen MR) is 184 cm³/mol. The fourth-order valence-corrected chi connectivity index (χ4v) is 5.96. The van der Waals surface area contributed by atoms with Crippen molar-refractivity contribution in [3.8, 4) is 0 Å². The molecule has 2 unspecified atom stereocenters. The molecule has 0 bridgehead atoms. The van der Waals surface area contributed by atoms with Gasteiger partial charge in [-0.05, 0) is 48.9 Å².